The van der Waals surface area contributed by atoms with E-state index >= 15 is 0 Å². The van der Waals surface area contributed by atoms with E-state index in [1.807, 2.05) is 6.07 Å². The standard InChI is InChI=1S/C6H10O3.C6H6O.C3H8/c1(5-3-8-5)7-2-6-4-9-6;7-6-4-2-1-3-5-6;1-3-2/h5-6H,1-4H2;1-5,7H;3H2,1-2H3. The second-order valence-electron chi connectivity index (χ2n) is 4.49. The molecule has 2 aliphatic heterocycles. The molecule has 0 saturated carbocycles. The van der Waals surface area contributed by atoms with Gasteiger partial charge in [0.1, 0.15) is 18.0 Å². The Kier molecular flexibility index (Phi) is 8.21. The molecule has 2 unspecified atom stereocenters. The van der Waals surface area contributed by atoms with Crippen molar-refractivity contribution in [3.8, 4) is 5.75 Å². The Morgan fingerprint density at radius 3 is 1.74 bits per heavy atom. The molecular formula is C15H24O4. The van der Waals surface area contributed by atoms with Crippen LogP contribution in [0.25, 0.3) is 0 Å². The van der Waals surface area contributed by atoms with Gasteiger partial charge in [-0.2, -0.15) is 0 Å². The van der Waals surface area contributed by atoms with E-state index in [2.05, 4.69) is 13.8 Å². The van der Waals surface area contributed by atoms with Gasteiger partial charge in [-0.15, -0.1) is 0 Å². The van der Waals surface area contributed by atoms with E-state index < -0.39 is 0 Å². The summed E-state index contributed by atoms with van der Waals surface area (Å²) in [7, 11) is 0. The Balaban J connectivity index is 0.000000162. The third-order valence-corrected chi connectivity index (χ3v) is 2.17. The zero-order valence-corrected chi connectivity index (χ0v) is 11.7. The predicted molar refractivity (Wildman–Crippen MR) is 74.4 cm³/mol. The summed E-state index contributed by atoms with van der Waals surface area (Å²) in [4.78, 5) is 0. The molecule has 4 heteroatoms. The van der Waals surface area contributed by atoms with Gasteiger partial charge in [-0.25, -0.2) is 0 Å². The van der Waals surface area contributed by atoms with Crippen LogP contribution in [0.2, 0.25) is 0 Å². The van der Waals surface area contributed by atoms with Gasteiger partial charge in [-0.3, -0.25) is 0 Å². The SMILES string of the molecule is C(OCC1CO1)C1CO1.CCC.Oc1ccccc1. The second-order valence-corrected chi connectivity index (χ2v) is 4.49. The van der Waals surface area contributed by atoms with Crippen molar-refractivity contribution >= 4 is 0 Å². The molecule has 0 aromatic heterocycles. The molecule has 1 N–H and O–H groups in total. The molecule has 2 aliphatic rings. The van der Waals surface area contributed by atoms with Crippen molar-refractivity contribution in [3.63, 3.8) is 0 Å². The molecule has 19 heavy (non-hydrogen) atoms. The summed E-state index contributed by atoms with van der Waals surface area (Å²) in [5.41, 5.74) is 0. The minimum atomic E-state index is 0.322. The first-order valence-electron chi connectivity index (χ1n) is 6.81. The Bertz CT molecular complexity index is 295. The van der Waals surface area contributed by atoms with Crippen LogP contribution in [0.1, 0.15) is 20.3 Å². The normalized spacial score (nSPS) is 22.4. The molecule has 0 bridgehead atoms. The molecule has 108 valence electrons. The lowest BCUT2D eigenvalue weighted by Crippen LogP contribution is -2.06. The first-order chi connectivity index (χ1) is 9.26. The van der Waals surface area contributed by atoms with Crippen molar-refractivity contribution in [2.45, 2.75) is 32.5 Å². The van der Waals surface area contributed by atoms with E-state index in [0.29, 0.717) is 18.0 Å². The quantitative estimate of drug-likeness (QED) is 0.853. The van der Waals surface area contributed by atoms with Crippen molar-refractivity contribution in [2.75, 3.05) is 26.4 Å². The number of rotatable bonds is 4. The number of hydrogen-bond acceptors (Lipinski definition) is 4. The molecule has 0 aliphatic carbocycles. The summed E-state index contributed by atoms with van der Waals surface area (Å²) >= 11 is 0. The average molecular weight is 268 g/mol. The number of para-hydroxylation sites is 1. The van der Waals surface area contributed by atoms with Gasteiger partial charge in [0.05, 0.1) is 26.4 Å². The molecule has 2 heterocycles. The maximum Gasteiger partial charge on any atom is 0.115 e. The minimum Gasteiger partial charge on any atom is -0.508 e. The molecular weight excluding hydrogens is 244 g/mol. The third kappa shape index (κ3) is 10.5. The molecule has 0 spiro atoms. The maximum absolute atomic E-state index is 8.63. The number of hydrogen-bond donors (Lipinski definition) is 1. The van der Waals surface area contributed by atoms with Crippen LogP contribution in [0, 0.1) is 0 Å². The molecule has 2 atom stereocenters. The topological polar surface area (TPSA) is 54.5 Å². The van der Waals surface area contributed by atoms with E-state index in [0.717, 1.165) is 26.4 Å². The van der Waals surface area contributed by atoms with E-state index in [-0.39, 0.29) is 0 Å². The fraction of sp³-hybridized carbons (Fsp3) is 0.600. The fourth-order valence-corrected chi connectivity index (χ4v) is 1.09. The van der Waals surface area contributed by atoms with Crippen LogP contribution in [-0.2, 0) is 14.2 Å². The Morgan fingerprint density at radius 2 is 1.47 bits per heavy atom. The first kappa shape index (κ1) is 16.0. The van der Waals surface area contributed by atoms with Crippen LogP contribution >= 0.6 is 0 Å². The van der Waals surface area contributed by atoms with Gasteiger partial charge < -0.3 is 19.3 Å². The molecule has 3 rings (SSSR count). The predicted octanol–water partition coefficient (Wildman–Crippen LogP) is 2.61. The number of benzene rings is 1. The highest BCUT2D eigenvalue weighted by Gasteiger charge is 2.26. The Hall–Kier alpha value is -1.10. The van der Waals surface area contributed by atoms with Crippen LogP contribution in [0.4, 0.5) is 0 Å². The van der Waals surface area contributed by atoms with E-state index in [1.54, 1.807) is 24.3 Å². The summed E-state index contributed by atoms with van der Waals surface area (Å²) < 4.78 is 15.1. The van der Waals surface area contributed by atoms with Crippen LogP contribution in [0.15, 0.2) is 30.3 Å². The average Bonchev–Trinajstić information content (AvgIpc) is 3.27. The van der Waals surface area contributed by atoms with Crippen LogP contribution in [-0.4, -0.2) is 43.7 Å². The highest BCUT2D eigenvalue weighted by Crippen LogP contribution is 2.12. The van der Waals surface area contributed by atoms with Crippen LogP contribution < -0.4 is 0 Å². The van der Waals surface area contributed by atoms with Crippen molar-refractivity contribution in [1.82, 2.24) is 0 Å². The fourth-order valence-electron chi connectivity index (χ4n) is 1.09. The molecule has 2 saturated heterocycles. The monoisotopic (exact) mass is 268 g/mol. The molecule has 2 fully saturated rings. The summed E-state index contributed by atoms with van der Waals surface area (Å²) in [6.07, 6.45) is 2.03. The first-order valence-corrected chi connectivity index (χ1v) is 6.81. The number of epoxide rings is 2. The van der Waals surface area contributed by atoms with Crippen molar-refractivity contribution in [2.24, 2.45) is 0 Å². The van der Waals surface area contributed by atoms with Gasteiger partial charge in [0.25, 0.3) is 0 Å². The summed E-state index contributed by atoms with van der Waals surface area (Å²) in [5, 5.41) is 8.63. The van der Waals surface area contributed by atoms with E-state index in [4.69, 9.17) is 19.3 Å². The Morgan fingerprint density at radius 1 is 1.05 bits per heavy atom. The highest BCUT2D eigenvalue weighted by atomic mass is 16.6. The number of ether oxygens (including phenoxy) is 3. The van der Waals surface area contributed by atoms with Gasteiger partial charge >= 0.3 is 0 Å². The molecule has 4 nitrogen and oxygen atoms in total. The zero-order valence-electron chi connectivity index (χ0n) is 11.7. The van der Waals surface area contributed by atoms with Gasteiger partial charge in [-0.05, 0) is 12.1 Å². The second kappa shape index (κ2) is 9.78. The van der Waals surface area contributed by atoms with Crippen molar-refractivity contribution in [1.29, 1.82) is 0 Å². The minimum absolute atomic E-state index is 0.322. The van der Waals surface area contributed by atoms with E-state index in [9.17, 15) is 0 Å². The van der Waals surface area contributed by atoms with Crippen LogP contribution in [0.3, 0.4) is 0 Å². The molecule has 0 radical (unpaired) electrons. The molecule has 1 aromatic carbocycles. The van der Waals surface area contributed by atoms with Crippen LogP contribution in [0.5, 0.6) is 5.75 Å². The number of phenols is 1. The van der Waals surface area contributed by atoms with Gasteiger partial charge in [0.15, 0.2) is 0 Å². The highest BCUT2D eigenvalue weighted by molar-refractivity contribution is 5.18. The van der Waals surface area contributed by atoms with Gasteiger partial charge in [0.2, 0.25) is 0 Å². The largest absolute Gasteiger partial charge is 0.508 e. The zero-order chi connectivity index (χ0) is 13.9. The maximum atomic E-state index is 8.63. The van der Waals surface area contributed by atoms with Crippen molar-refractivity contribution in [3.05, 3.63) is 30.3 Å². The third-order valence-electron chi connectivity index (χ3n) is 2.17. The van der Waals surface area contributed by atoms with Gasteiger partial charge in [0, 0.05) is 0 Å². The number of aromatic hydroxyl groups is 1. The van der Waals surface area contributed by atoms with Crippen molar-refractivity contribution < 1.29 is 19.3 Å². The molecule has 0 amide bonds. The number of phenolic OH excluding ortho intramolecular Hbond substituents is 1. The lowest BCUT2D eigenvalue weighted by molar-refractivity contribution is 0.102. The Labute approximate surface area is 115 Å². The smallest absolute Gasteiger partial charge is 0.115 e. The molecule has 1 aromatic rings. The van der Waals surface area contributed by atoms with Gasteiger partial charge in [-0.1, -0.05) is 38.5 Å². The summed E-state index contributed by atoms with van der Waals surface area (Å²) in [6.45, 7) is 7.51. The summed E-state index contributed by atoms with van der Waals surface area (Å²) in [6, 6.07) is 8.71. The summed E-state index contributed by atoms with van der Waals surface area (Å²) in [5.74, 6) is 0.322. The van der Waals surface area contributed by atoms with E-state index in [1.165, 1.54) is 6.42 Å². The lowest BCUT2D eigenvalue weighted by atomic mass is 10.3. The lowest BCUT2D eigenvalue weighted by Gasteiger charge is -1.95.